The van der Waals surface area contributed by atoms with Gasteiger partial charge in [0.1, 0.15) is 0 Å². The molecule has 0 spiro atoms. The largest absolute Gasteiger partial charge is 0.314 e. The predicted molar refractivity (Wildman–Crippen MR) is 300 cm³/mol. The number of rotatable bonds is 3. The highest BCUT2D eigenvalue weighted by molar-refractivity contribution is 8.06. The third-order valence-electron chi connectivity index (χ3n) is 18.5. The summed E-state index contributed by atoms with van der Waals surface area (Å²) in [5.41, 5.74) is 24.6. The Morgan fingerprint density at radius 2 is 1.10 bits per heavy atom. The van der Waals surface area contributed by atoms with Crippen LogP contribution in [-0.2, 0) is 27.1 Å². The Morgan fingerprint density at radius 3 is 1.71 bits per heavy atom. The molecule has 3 unspecified atom stereocenters. The Kier molecular flexibility index (Phi) is 9.55. The number of fused-ring (bicyclic) bond motifs is 11. The molecule has 3 heterocycles. The standard InChI is InChI=1S/C65H75BN2S/c1-59(2,3)40-21-24-43(25-22-40)67-53-32-42(61(7,8)9)33-54-56(53)66(58-57(67)45-34-48-49(37-55(45)69-58)65(15)30-29-64(48,14)38-65)50-35-46-47(63(12,13)28-27-62(46,10)11)36-52(50)68(54)51-26-23-41(60(4,5)6)31-44(51)39-19-17-16-18-20-39/h16-26,31-37,45,55H,27-30,38H2,1-15H3/t45?,55?,64?,65-/m1/s1. The first-order chi connectivity index (χ1) is 32.3. The third kappa shape index (κ3) is 6.72. The molecule has 7 aliphatic rings. The average Bonchev–Trinajstić information content (AvgIpc) is 3.90. The second-order valence-corrected chi connectivity index (χ2v) is 28.7. The Morgan fingerprint density at radius 1 is 0.536 bits per heavy atom. The van der Waals surface area contributed by atoms with E-state index in [4.69, 9.17) is 0 Å². The topological polar surface area (TPSA) is 6.48 Å². The quantitative estimate of drug-likeness (QED) is 0.167. The first-order valence-electron chi connectivity index (χ1n) is 26.4. The molecule has 0 saturated heterocycles. The van der Waals surface area contributed by atoms with Gasteiger partial charge in [-0.1, -0.05) is 171 Å². The van der Waals surface area contributed by atoms with E-state index in [0.29, 0.717) is 5.25 Å². The van der Waals surface area contributed by atoms with Crippen molar-refractivity contribution in [2.24, 2.45) is 16.7 Å². The summed E-state index contributed by atoms with van der Waals surface area (Å²) in [6.45, 7) is 36.6. The number of hydrogen-bond acceptors (Lipinski definition) is 3. The van der Waals surface area contributed by atoms with Crippen molar-refractivity contribution in [2.75, 3.05) is 9.80 Å². The summed E-state index contributed by atoms with van der Waals surface area (Å²) in [7, 11) is 0. The van der Waals surface area contributed by atoms with Crippen LogP contribution in [0.15, 0.2) is 131 Å². The fourth-order valence-electron chi connectivity index (χ4n) is 14.2. The monoisotopic (exact) mass is 927 g/mol. The molecule has 0 amide bonds. The zero-order valence-electron chi connectivity index (χ0n) is 44.5. The number of hydrogen-bond donors (Lipinski definition) is 0. The molecule has 4 aliphatic carbocycles. The fraction of sp³-hybridized carbons (Fsp3) is 0.446. The van der Waals surface area contributed by atoms with E-state index in [1.807, 2.05) is 0 Å². The molecule has 0 radical (unpaired) electrons. The molecule has 12 rings (SSSR count). The minimum atomic E-state index is -0.103. The second kappa shape index (κ2) is 14.5. The van der Waals surface area contributed by atoms with Crippen molar-refractivity contribution >= 4 is 57.8 Å². The van der Waals surface area contributed by atoms with Crippen LogP contribution >= 0.6 is 11.8 Å². The zero-order valence-corrected chi connectivity index (χ0v) is 45.3. The Bertz CT molecular complexity index is 3110. The van der Waals surface area contributed by atoms with Gasteiger partial charge >= 0.3 is 0 Å². The maximum absolute atomic E-state index is 2.81. The second-order valence-electron chi connectivity index (χ2n) is 27.5. The highest BCUT2D eigenvalue weighted by Gasteiger charge is 2.59. The molecule has 5 aromatic rings. The van der Waals surface area contributed by atoms with Gasteiger partial charge in [0, 0.05) is 45.2 Å². The van der Waals surface area contributed by atoms with Crippen molar-refractivity contribution in [3.8, 4) is 11.1 Å². The zero-order chi connectivity index (χ0) is 48.7. The number of allylic oxidation sites excluding steroid dienone is 3. The van der Waals surface area contributed by atoms with E-state index in [1.165, 1.54) is 111 Å². The highest BCUT2D eigenvalue weighted by atomic mass is 32.2. The summed E-state index contributed by atoms with van der Waals surface area (Å²) < 4.78 is 0. The number of anilines is 5. The van der Waals surface area contributed by atoms with Gasteiger partial charge in [0.15, 0.2) is 0 Å². The molecule has 2 nitrogen and oxygen atoms in total. The van der Waals surface area contributed by atoms with E-state index in [0.717, 1.165) is 0 Å². The Hall–Kier alpha value is -4.67. The maximum Gasteiger partial charge on any atom is 0.259 e. The third-order valence-corrected chi connectivity index (χ3v) is 19.9. The highest BCUT2D eigenvalue weighted by Crippen LogP contribution is 2.70. The molecule has 354 valence electrons. The molecule has 2 saturated carbocycles. The summed E-state index contributed by atoms with van der Waals surface area (Å²) in [4.78, 5) is 7.09. The van der Waals surface area contributed by atoms with Gasteiger partial charge in [0.2, 0.25) is 0 Å². The number of nitrogens with zero attached hydrogens (tertiary/aromatic N) is 2. The van der Waals surface area contributed by atoms with Crippen LogP contribution in [0.3, 0.4) is 0 Å². The van der Waals surface area contributed by atoms with Crippen molar-refractivity contribution in [3.05, 3.63) is 159 Å². The minimum absolute atomic E-state index is 0.00713. The van der Waals surface area contributed by atoms with E-state index >= 15 is 0 Å². The van der Waals surface area contributed by atoms with Crippen LogP contribution in [0.1, 0.15) is 164 Å². The smallest absolute Gasteiger partial charge is 0.259 e. The summed E-state index contributed by atoms with van der Waals surface area (Å²) in [5, 5.41) is 0.355. The predicted octanol–water partition coefficient (Wildman–Crippen LogP) is 16.7. The molecule has 4 atom stereocenters. The summed E-state index contributed by atoms with van der Waals surface area (Å²) in [5.74, 6) is 0.282. The molecular formula is C65H75BN2S. The van der Waals surface area contributed by atoms with E-state index < -0.39 is 0 Å². The van der Waals surface area contributed by atoms with E-state index in [9.17, 15) is 0 Å². The number of thioether (sulfide) groups is 1. The van der Waals surface area contributed by atoms with Crippen molar-refractivity contribution in [3.63, 3.8) is 0 Å². The molecule has 5 aromatic carbocycles. The van der Waals surface area contributed by atoms with Crippen LogP contribution in [0.2, 0.25) is 0 Å². The van der Waals surface area contributed by atoms with Gasteiger partial charge in [0.25, 0.3) is 6.71 Å². The number of benzene rings is 5. The van der Waals surface area contributed by atoms with Gasteiger partial charge in [-0.25, -0.2) is 0 Å². The van der Waals surface area contributed by atoms with Crippen LogP contribution < -0.4 is 20.7 Å². The SMILES string of the molecule is CC12CC[C@](C)(C1)C1=CC3SC4=C(C3C=C12)N(c1ccc(C(C)(C)C)cc1)c1cc(C(C)(C)C)cc2c1B4c1cc3c(cc1N2c1ccc(C(C)(C)C)cc1-c1ccccc1)C(C)(C)CCC3(C)C. The summed E-state index contributed by atoms with van der Waals surface area (Å²) >= 11 is 2.21. The fourth-order valence-corrected chi connectivity index (χ4v) is 15.7. The Labute approximate surface area is 420 Å². The van der Waals surface area contributed by atoms with Crippen LogP contribution in [0, 0.1) is 16.7 Å². The van der Waals surface area contributed by atoms with Crippen molar-refractivity contribution < 1.29 is 0 Å². The molecule has 4 heteroatoms. The maximum atomic E-state index is 2.81. The normalized spacial score (nSPS) is 25.9. The molecular weight excluding hydrogens is 852 g/mol. The summed E-state index contributed by atoms with van der Waals surface area (Å²) in [6.07, 6.45) is 11.9. The van der Waals surface area contributed by atoms with E-state index in [1.54, 1.807) is 21.5 Å². The van der Waals surface area contributed by atoms with Gasteiger partial charge in [-0.05, 0) is 173 Å². The van der Waals surface area contributed by atoms with Crippen molar-refractivity contribution in [2.45, 2.75) is 168 Å². The minimum Gasteiger partial charge on any atom is -0.314 e. The first-order valence-corrected chi connectivity index (χ1v) is 27.3. The lowest BCUT2D eigenvalue weighted by atomic mass is 9.36. The molecule has 2 fully saturated rings. The molecule has 69 heavy (non-hydrogen) atoms. The van der Waals surface area contributed by atoms with Gasteiger partial charge in [-0.2, -0.15) is 0 Å². The summed E-state index contributed by atoms with van der Waals surface area (Å²) in [6, 6.07) is 39.0. The lowest BCUT2D eigenvalue weighted by Gasteiger charge is -2.48. The van der Waals surface area contributed by atoms with Crippen LogP contribution in [-0.4, -0.2) is 12.0 Å². The van der Waals surface area contributed by atoms with Crippen LogP contribution in [0.4, 0.5) is 28.4 Å². The van der Waals surface area contributed by atoms with Gasteiger partial charge in [-0.15, -0.1) is 11.8 Å². The Balaban J connectivity index is 1.21. The van der Waals surface area contributed by atoms with Gasteiger partial charge in [-0.3, -0.25) is 0 Å². The van der Waals surface area contributed by atoms with Crippen LogP contribution in [0.5, 0.6) is 0 Å². The lowest BCUT2D eigenvalue weighted by molar-refractivity contribution is 0.332. The van der Waals surface area contributed by atoms with Crippen LogP contribution in [0.25, 0.3) is 11.1 Å². The van der Waals surface area contributed by atoms with Gasteiger partial charge < -0.3 is 9.80 Å². The van der Waals surface area contributed by atoms with Gasteiger partial charge in [0.05, 0.1) is 5.69 Å². The van der Waals surface area contributed by atoms with E-state index in [2.05, 4.69) is 235 Å². The molecule has 0 N–H and O–H groups in total. The average molecular weight is 927 g/mol. The lowest BCUT2D eigenvalue weighted by Crippen LogP contribution is -2.56. The molecule has 2 bridgehead atoms. The first kappa shape index (κ1) is 45.5. The van der Waals surface area contributed by atoms with Crippen molar-refractivity contribution in [1.82, 2.24) is 0 Å². The van der Waals surface area contributed by atoms with E-state index in [-0.39, 0.29) is 50.5 Å². The van der Waals surface area contributed by atoms with Crippen molar-refractivity contribution in [1.29, 1.82) is 0 Å². The molecule has 3 aliphatic heterocycles. The molecule has 0 aromatic heterocycles.